The van der Waals surface area contributed by atoms with Crippen molar-refractivity contribution in [2.75, 3.05) is 19.7 Å². The van der Waals surface area contributed by atoms with Gasteiger partial charge in [-0.3, -0.25) is 4.79 Å². The Kier molecular flexibility index (Phi) is 7.04. The maximum absolute atomic E-state index is 12.9. The van der Waals surface area contributed by atoms with E-state index in [0.29, 0.717) is 11.5 Å². The van der Waals surface area contributed by atoms with Crippen LogP contribution in [0.2, 0.25) is 0 Å². The van der Waals surface area contributed by atoms with Crippen LogP contribution < -0.4 is 4.74 Å². The van der Waals surface area contributed by atoms with Crippen molar-refractivity contribution in [1.82, 2.24) is 14.7 Å². The number of aliphatic imine (C=N–C) groups is 1. The summed E-state index contributed by atoms with van der Waals surface area (Å²) >= 11 is 1.48. The van der Waals surface area contributed by atoms with Crippen LogP contribution in [0.1, 0.15) is 43.7 Å². The minimum Gasteiger partial charge on any atom is -0.494 e. The summed E-state index contributed by atoms with van der Waals surface area (Å²) in [5.74, 6) is 0.671. The lowest BCUT2D eigenvalue weighted by Crippen LogP contribution is -2.28. The lowest BCUT2D eigenvalue weighted by molar-refractivity contribution is -0.113. The highest BCUT2D eigenvalue weighted by Gasteiger charge is 2.27. The zero-order valence-corrected chi connectivity index (χ0v) is 21.1. The molecule has 180 valence electrons. The maximum Gasteiger partial charge on any atom is 0.286 e. The van der Waals surface area contributed by atoms with Crippen molar-refractivity contribution >= 4 is 28.9 Å². The molecular formula is C28H30N4O2S. The molecule has 7 heteroatoms. The second-order valence-corrected chi connectivity index (χ2v) is 9.84. The van der Waals surface area contributed by atoms with Crippen LogP contribution >= 0.6 is 11.8 Å². The molecule has 2 aromatic carbocycles. The number of hydrogen-bond acceptors (Lipinski definition) is 5. The number of hydrogen-bond donors (Lipinski definition) is 0. The highest BCUT2D eigenvalue weighted by Crippen LogP contribution is 2.35. The van der Waals surface area contributed by atoms with Crippen LogP contribution in [0.25, 0.3) is 23.0 Å². The Balaban J connectivity index is 1.51. The molecule has 5 rings (SSSR count). The van der Waals surface area contributed by atoms with E-state index in [1.54, 1.807) is 0 Å². The molecule has 0 unspecified atom stereocenters. The minimum absolute atomic E-state index is 0.170. The van der Waals surface area contributed by atoms with Gasteiger partial charge in [-0.15, -0.1) is 0 Å². The summed E-state index contributed by atoms with van der Waals surface area (Å²) in [5, 5.41) is 5.77. The van der Waals surface area contributed by atoms with Gasteiger partial charge in [-0.05, 0) is 80.4 Å². The molecule has 0 atom stereocenters. The highest BCUT2D eigenvalue weighted by atomic mass is 32.2. The summed E-state index contributed by atoms with van der Waals surface area (Å²) in [6.45, 7) is 6.60. The molecule has 3 heterocycles. The number of amidine groups is 1. The first kappa shape index (κ1) is 23.4. The Morgan fingerprint density at radius 2 is 1.83 bits per heavy atom. The monoisotopic (exact) mass is 486 g/mol. The quantitative estimate of drug-likeness (QED) is 0.408. The van der Waals surface area contributed by atoms with E-state index in [1.165, 1.54) is 24.6 Å². The summed E-state index contributed by atoms with van der Waals surface area (Å²) in [6, 6.07) is 16.1. The smallest absolute Gasteiger partial charge is 0.286 e. The molecule has 1 fully saturated rings. The average molecular weight is 487 g/mol. The van der Waals surface area contributed by atoms with Gasteiger partial charge in [0.2, 0.25) is 0 Å². The number of carbonyl (C=O) groups is 1. The van der Waals surface area contributed by atoms with E-state index in [1.807, 2.05) is 72.4 Å². The molecule has 0 aliphatic carbocycles. The molecule has 3 aromatic rings. The van der Waals surface area contributed by atoms with Crippen molar-refractivity contribution in [3.05, 3.63) is 70.8 Å². The number of ether oxygens (including phenoxy) is 1. The molecule has 0 bridgehead atoms. The normalized spacial score (nSPS) is 17.5. The van der Waals surface area contributed by atoms with Gasteiger partial charge in [-0.25, -0.2) is 4.68 Å². The zero-order valence-electron chi connectivity index (χ0n) is 20.2. The van der Waals surface area contributed by atoms with Crippen LogP contribution in [-0.2, 0) is 4.79 Å². The Morgan fingerprint density at radius 3 is 2.54 bits per heavy atom. The van der Waals surface area contributed by atoms with Crippen LogP contribution in [0.15, 0.2) is 64.6 Å². The molecule has 2 aliphatic heterocycles. The summed E-state index contributed by atoms with van der Waals surface area (Å²) in [6.07, 6.45) is 8.73. The molecule has 1 amide bonds. The fourth-order valence-corrected chi connectivity index (χ4v) is 5.47. The predicted octanol–water partition coefficient (Wildman–Crippen LogP) is 6.09. The lowest BCUT2D eigenvalue weighted by Gasteiger charge is -2.20. The van der Waals surface area contributed by atoms with E-state index in [4.69, 9.17) is 9.84 Å². The topological polar surface area (TPSA) is 59.7 Å². The number of nitrogens with zero attached hydrogens (tertiary/aromatic N) is 4. The number of rotatable bonds is 5. The molecule has 6 nitrogen and oxygen atoms in total. The fraction of sp³-hybridized carbons (Fsp3) is 0.321. The van der Waals surface area contributed by atoms with Gasteiger partial charge in [0.25, 0.3) is 5.91 Å². The first-order valence-corrected chi connectivity index (χ1v) is 13.1. The summed E-state index contributed by atoms with van der Waals surface area (Å²) < 4.78 is 7.55. The molecule has 0 radical (unpaired) electrons. The molecule has 0 spiro atoms. The summed E-state index contributed by atoms with van der Waals surface area (Å²) in [5.41, 5.74) is 4.77. The van der Waals surface area contributed by atoms with E-state index < -0.39 is 0 Å². The SMILES string of the molecule is CCOc1ccc(-c2nn(-c3ccccc3)cc2/C=C2\SC(N3CCCCCC3)=NC2=O)c(C)c1. The van der Waals surface area contributed by atoms with Gasteiger partial charge in [-0.1, -0.05) is 31.0 Å². The van der Waals surface area contributed by atoms with E-state index in [2.05, 4.69) is 16.8 Å². The zero-order chi connectivity index (χ0) is 24.2. The minimum atomic E-state index is -0.170. The number of likely N-dealkylation sites (tertiary alicyclic amines) is 1. The second kappa shape index (κ2) is 10.5. The van der Waals surface area contributed by atoms with Crippen molar-refractivity contribution < 1.29 is 9.53 Å². The van der Waals surface area contributed by atoms with Gasteiger partial charge in [-0.2, -0.15) is 10.1 Å². The lowest BCUT2D eigenvalue weighted by atomic mass is 10.0. The van der Waals surface area contributed by atoms with Gasteiger partial charge < -0.3 is 9.64 Å². The van der Waals surface area contributed by atoms with Gasteiger partial charge in [0.15, 0.2) is 5.17 Å². The van der Waals surface area contributed by atoms with Crippen LogP contribution in [0.5, 0.6) is 5.75 Å². The third-order valence-electron chi connectivity index (χ3n) is 6.30. The first-order chi connectivity index (χ1) is 17.1. The number of amides is 1. The molecule has 2 aliphatic rings. The van der Waals surface area contributed by atoms with Crippen molar-refractivity contribution in [1.29, 1.82) is 0 Å². The van der Waals surface area contributed by atoms with Crippen molar-refractivity contribution in [3.63, 3.8) is 0 Å². The number of para-hydroxylation sites is 1. The number of thioether (sulfide) groups is 1. The molecule has 0 saturated carbocycles. The Hall–Kier alpha value is -3.32. The first-order valence-electron chi connectivity index (χ1n) is 12.3. The summed E-state index contributed by atoms with van der Waals surface area (Å²) in [7, 11) is 0. The van der Waals surface area contributed by atoms with Crippen LogP contribution in [0.3, 0.4) is 0 Å². The number of carbonyl (C=O) groups excluding carboxylic acids is 1. The average Bonchev–Trinajstić information content (AvgIpc) is 3.32. The van der Waals surface area contributed by atoms with Crippen molar-refractivity contribution in [3.8, 4) is 22.7 Å². The van der Waals surface area contributed by atoms with E-state index >= 15 is 0 Å². The third-order valence-corrected chi connectivity index (χ3v) is 7.34. The molecule has 1 aromatic heterocycles. The van der Waals surface area contributed by atoms with Gasteiger partial charge in [0, 0.05) is 30.4 Å². The van der Waals surface area contributed by atoms with Gasteiger partial charge >= 0.3 is 0 Å². The molecule has 1 saturated heterocycles. The fourth-order valence-electron chi connectivity index (χ4n) is 4.51. The highest BCUT2D eigenvalue weighted by molar-refractivity contribution is 8.18. The van der Waals surface area contributed by atoms with Crippen LogP contribution in [0.4, 0.5) is 0 Å². The van der Waals surface area contributed by atoms with Crippen LogP contribution in [0, 0.1) is 6.92 Å². The Morgan fingerprint density at radius 1 is 1.06 bits per heavy atom. The molecular weight excluding hydrogens is 456 g/mol. The number of aryl methyl sites for hydroxylation is 1. The van der Waals surface area contributed by atoms with Crippen molar-refractivity contribution in [2.24, 2.45) is 4.99 Å². The van der Waals surface area contributed by atoms with E-state index in [9.17, 15) is 4.79 Å². The Labute approximate surface area is 210 Å². The van der Waals surface area contributed by atoms with Crippen molar-refractivity contribution in [2.45, 2.75) is 39.5 Å². The predicted molar refractivity (Wildman–Crippen MR) is 143 cm³/mol. The maximum atomic E-state index is 12.9. The Bertz CT molecular complexity index is 1270. The molecule has 35 heavy (non-hydrogen) atoms. The van der Waals surface area contributed by atoms with Gasteiger partial charge in [0.05, 0.1) is 17.2 Å². The third kappa shape index (κ3) is 5.20. The molecule has 0 N–H and O–H groups in total. The summed E-state index contributed by atoms with van der Waals surface area (Å²) in [4.78, 5) is 20.2. The second-order valence-electron chi connectivity index (χ2n) is 8.83. The van der Waals surface area contributed by atoms with Gasteiger partial charge in [0.1, 0.15) is 11.4 Å². The van der Waals surface area contributed by atoms with Crippen LogP contribution in [-0.4, -0.2) is 45.5 Å². The van der Waals surface area contributed by atoms with E-state index in [-0.39, 0.29) is 5.91 Å². The van der Waals surface area contributed by atoms with E-state index in [0.717, 1.165) is 64.9 Å². The number of benzene rings is 2. The largest absolute Gasteiger partial charge is 0.494 e. The number of aromatic nitrogens is 2. The standard InChI is InChI=1S/C28H30N4O2S/c1-3-34-23-13-14-24(20(2)17-23)26-21(19-32(30-26)22-11-7-6-8-12-22)18-25-27(33)29-28(35-25)31-15-9-4-5-10-16-31/h6-8,11-14,17-19H,3-5,9-10,15-16H2,1-2H3/b25-18-.